The van der Waals surface area contributed by atoms with E-state index in [1.807, 2.05) is 25.1 Å². The predicted octanol–water partition coefficient (Wildman–Crippen LogP) is 3.34. The normalized spacial score (nSPS) is 11.5. The van der Waals surface area contributed by atoms with Crippen LogP contribution in [0.1, 0.15) is 18.1 Å². The second kappa shape index (κ2) is 7.21. The number of hydrogen-bond donors (Lipinski definition) is 2. The van der Waals surface area contributed by atoms with Crippen molar-refractivity contribution in [3.05, 3.63) is 70.1 Å². The number of benzene rings is 2. The lowest BCUT2D eigenvalue weighted by atomic mass is 10.1. The first-order valence-electron chi connectivity index (χ1n) is 8.21. The lowest BCUT2D eigenvalue weighted by Crippen LogP contribution is -2.09. The van der Waals surface area contributed by atoms with E-state index in [1.54, 1.807) is 24.3 Å². The molecule has 0 aliphatic rings. The van der Waals surface area contributed by atoms with E-state index in [0.717, 1.165) is 34.9 Å². The van der Waals surface area contributed by atoms with Crippen molar-refractivity contribution in [1.29, 1.82) is 0 Å². The Morgan fingerprint density at radius 1 is 1.00 bits per heavy atom. The maximum Gasteiger partial charge on any atom is 0.336 e. The summed E-state index contributed by atoms with van der Waals surface area (Å²) in [5.74, 6) is 0. The maximum atomic E-state index is 11.8. The Kier molecular flexibility index (Phi) is 4.99. The van der Waals surface area contributed by atoms with E-state index in [1.165, 1.54) is 6.07 Å². The SMILES string of the molecule is CCc1ccc2c(CNc3ccc(NS(C)(=O)=O)cc3)cc(=O)oc2c1. The maximum absolute atomic E-state index is 11.8. The minimum absolute atomic E-state index is 0.379. The van der Waals surface area contributed by atoms with Crippen molar-refractivity contribution in [2.24, 2.45) is 0 Å². The monoisotopic (exact) mass is 372 g/mol. The number of sulfonamides is 1. The van der Waals surface area contributed by atoms with Crippen molar-refractivity contribution in [3.8, 4) is 0 Å². The zero-order valence-electron chi connectivity index (χ0n) is 14.6. The van der Waals surface area contributed by atoms with Crippen LogP contribution >= 0.6 is 0 Å². The molecular weight excluding hydrogens is 352 g/mol. The fourth-order valence-corrected chi connectivity index (χ4v) is 3.27. The molecule has 0 aliphatic carbocycles. The highest BCUT2D eigenvalue weighted by molar-refractivity contribution is 7.92. The molecule has 136 valence electrons. The molecule has 0 radical (unpaired) electrons. The standard InChI is InChI=1S/C19H20N2O4S/c1-3-13-4-9-17-14(11-19(22)25-18(17)10-13)12-20-15-5-7-16(8-6-15)21-26(2,23)24/h4-11,20-21H,3,12H2,1-2H3. The molecule has 2 aromatic carbocycles. The first-order chi connectivity index (χ1) is 12.3. The van der Waals surface area contributed by atoms with Gasteiger partial charge in [-0.15, -0.1) is 0 Å². The smallest absolute Gasteiger partial charge is 0.336 e. The van der Waals surface area contributed by atoms with Gasteiger partial charge in [0.2, 0.25) is 10.0 Å². The van der Waals surface area contributed by atoms with Gasteiger partial charge in [-0.3, -0.25) is 4.72 Å². The molecule has 0 amide bonds. The van der Waals surface area contributed by atoms with Crippen molar-refractivity contribution in [2.45, 2.75) is 19.9 Å². The summed E-state index contributed by atoms with van der Waals surface area (Å²) < 4.78 is 30.2. The summed E-state index contributed by atoms with van der Waals surface area (Å²) in [4.78, 5) is 11.8. The van der Waals surface area contributed by atoms with Crippen LogP contribution in [-0.4, -0.2) is 14.7 Å². The van der Waals surface area contributed by atoms with Crippen molar-refractivity contribution < 1.29 is 12.8 Å². The molecule has 2 N–H and O–H groups in total. The number of hydrogen-bond acceptors (Lipinski definition) is 5. The summed E-state index contributed by atoms with van der Waals surface area (Å²) in [7, 11) is -3.30. The molecule has 0 aliphatic heterocycles. The molecule has 3 rings (SSSR count). The Morgan fingerprint density at radius 2 is 1.69 bits per heavy atom. The lowest BCUT2D eigenvalue weighted by Gasteiger charge is -2.10. The lowest BCUT2D eigenvalue weighted by molar-refractivity contribution is 0.558. The second-order valence-corrected chi connectivity index (χ2v) is 7.83. The summed E-state index contributed by atoms with van der Waals surface area (Å²) in [6.07, 6.45) is 1.98. The molecule has 1 heterocycles. The average Bonchev–Trinajstić information content (AvgIpc) is 2.58. The van der Waals surface area contributed by atoms with Crippen LogP contribution in [0, 0.1) is 0 Å². The van der Waals surface area contributed by atoms with Crippen LogP contribution in [0.4, 0.5) is 11.4 Å². The van der Waals surface area contributed by atoms with Gasteiger partial charge in [0.25, 0.3) is 0 Å². The number of rotatable bonds is 6. The fraction of sp³-hybridized carbons (Fsp3) is 0.211. The highest BCUT2D eigenvalue weighted by Gasteiger charge is 2.07. The number of aryl methyl sites for hydroxylation is 1. The third-order valence-corrected chi connectivity index (χ3v) is 4.58. The van der Waals surface area contributed by atoms with Gasteiger partial charge in [-0.1, -0.05) is 19.1 Å². The highest BCUT2D eigenvalue weighted by Crippen LogP contribution is 2.21. The van der Waals surface area contributed by atoms with Gasteiger partial charge in [0.05, 0.1) is 6.26 Å². The van der Waals surface area contributed by atoms with Crippen LogP contribution in [0.25, 0.3) is 11.0 Å². The molecular formula is C19H20N2O4S. The van der Waals surface area contributed by atoms with Crippen LogP contribution in [-0.2, 0) is 23.0 Å². The molecule has 6 nitrogen and oxygen atoms in total. The van der Waals surface area contributed by atoms with Gasteiger partial charge in [0.15, 0.2) is 0 Å². The quantitative estimate of drug-likeness (QED) is 0.648. The highest BCUT2D eigenvalue weighted by atomic mass is 32.2. The van der Waals surface area contributed by atoms with Crippen LogP contribution in [0.3, 0.4) is 0 Å². The number of nitrogens with one attached hydrogen (secondary N) is 2. The molecule has 7 heteroatoms. The van der Waals surface area contributed by atoms with E-state index >= 15 is 0 Å². The van der Waals surface area contributed by atoms with E-state index < -0.39 is 10.0 Å². The van der Waals surface area contributed by atoms with Gasteiger partial charge in [-0.25, -0.2) is 13.2 Å². The van der Waals surface area contributed by atoms with Gasteiger partial charge in [0, 0.05) is 29.4 Å². The molecule has 1 aromatic heterocycles. The van der Waals surface area contributed by atoms with Crippen LogP contribution < -0.4 is 15.7 Å². The fourth-order valence-electron chi connectivity index (χ4n) is 2.71. The van der Waals surface area contributed by atoms with Crippen LogP contribution in [0.2, 0.25) is 0 Å². The van der Waals surface area contributed by atoms with Gasteiger partial charge in [0.1, 0.15) is 5.58 Å². The van der Waals surface area contributed by atoms with Crippen molar-refractivity contribution in [2.75, 3.05) is 16.3 Å². The van der Waals surface area contributed by atoms with E-state index in [4.69, 9.17) is 4.42 Å². The zero-order valence-corrected chi connectivity index (χ0v) is 15.4. The summed E-state index contributed by atoms with van der Waals surface area (Å²) in [6, 6.07) is 14.3. The minimum Gasteiger partial charge on any atom is -0.423 e. The Hall–Kier alpha value is -2.80. The Morgan fingerprint density at radius 3 is 2.35 bits per heavy atom. The van der Waals surface area contributed by atoms with Gasteiger partial charge in [-0.2, -0.15) is 0 Å². The summed E-state index contributed by atoms with van der Waals surface area (Å²) in [5.41, 5.74) is 3.47. The van der Waals surface area contributed by atoms with Crippen molar-refractivity contribution in [3.63, 3.8) is 0 Å². The largest absolute Gasteiger partial charge is 0.423 e. The van der Waals surface area contributed by atoms with Gasteiger partial charge in [-0.05, 0) is 47.9 Å². The van der Waals surface area contributed by atoms with Crippen molar-refractivity contribution in [1.82, 2.24) is 0 Å². The zero-order chi connectivity index (χ0) is 18.7. The van der Waals surface area contributed by atoms with Crippen LogP contribution in [0.15, 0.2) is 57.7 Å². The van der Waals surface area contributed by atoms with E-state index in [0.29, 0.717) is 17.8 Å². The van der Waals surface area contributed by atoms with Gasteiger partial charge < -0.3 is 9.73 Å². The Balaban J connectivity index is 1.80. The van der Waals surface area contributed by atoms with E-state index in [-0.39, 0.29) is 5.63 Å². The molecule has 0 spiro atoms. The van der Waals surface area contributed by atoms with E-state index in [2.05, 4.69) is 10.0 Å². The Labute approximate surface area is 151 Å². The molecule has 0 bridgehead atoms. The summed E-state index contributed by atoms with van der Waals surface area (Å²) in [5, 5.41) is 4.13. The Bertz CT molecular complexity index is 1090. The molecule has 0 saturated heterocycles. The van der Waals surface area contributed by atoms with Crippen molar-refractivity contribution >= 4 is 32.4 Å². The molecule has 0 fully saturated rings. The first-order valence-corrected chi connectivity index (χ1v) is 10.1. The number of anilines is 2. The molecule has 0 atom stereocenters. The second-order valence-electron chi connectivity index (χ2n) is 6.08. The first kappa shape index (κ1) is 18.0. The third-order valence-electron chi connectivity index (χ3n) is 3.97. The molecule has 0 saturated carbocycles. The topological polar surface area (TPSA) is 88.4 Å². The molecule has 3 aromatic rings. The molecule has 26 heavy (non-hydrogen) atoms. The average molecular weight is 372 g/mol. The van der Waals surface area contributed by atoms with E-state index in [9.17, 15) is 13.2 Å². The minimum atomic E-state index is -3.30. The number of fused-ring (bicyclic) bond motifs is 1. The molecule has 0 unspecified atom stereocenters. The summed E-state index contributed by atoms with van der Waals surface area (Å²) >= 11 is 0. The summed E-state index contributed by atoms with van der Waals surface area (Å²) in [6.45, 7) is 2.50. The third kappa shape index (κ3) is 4.43. The van der Waals surface area contributed by atoms with Gasteiger partial charge >= 0.3 is 5.63 Å². The van der Waals surface area contributed by atoms with Crippen LogP contribution in [0.5, 0.6) is 0 Å². The predicted molar refractivity (Wildman–Crippen MR) is 104 cm³/mol.